The maximum absolute atomic E-state index is 11.4. The quantitative estimate of drug-likeness (QED) is 0.536. The maximum atomic E-state index is 11.4. The first-order valence-corrected chi connectivity index (χ1v) is 8.04. The summed E-state index contributed by atoms with van der Waals surface area (Å²) >= 11 is 0. The molecule has 110 valence electrons. The minimum Gasteiger partial charge on any atom is -0.462 e. The van der Waals surface area contributed by atoms with Gasteiger partial charge in [0, 0.05) is 31.3 Å². The number of esters is 1. The van der Waals surface area contributed by atoms with Crippen LogP contribution < -0.4 is 0 Å². The summed E-state index contributed by atoms with van der Waals surface area (Å²) in [6.07, 6.45) is 6.21. The van der Waals surface area contributed by atoms with Crippen LogP contribution in [0.2, 0.25) is 0 Å². The molecule has 0 amide bonds. The molecule has 1 aliphatic heterocycles. The minimum absolute atomic E-state index is 0.0467. The van der Waals surface area contributed by atoms with E-state index in [2.05, 4.69) is 25.9 Å². The standard InChI is InChI=1S/C13H24O4P2/c1-2-3-8(16-18)4-5-9-10-6-13(14)15-11(10)7-12(9)17-19/h8-12H,2-7,18-19H2,1H3/t8-,9+,10+,11-,12+/m0/s1. The molecule has 1 saturated carbocycles. The molecule has 7 atom stereocenters. The lowest BCUT2D eigenvalue weighted by molar-refractivity contribution is -0.141. The molecule has 2 unspecified atom stereocenters. The van der Waals surface area contributed by atoms with Crippen molar-refractivity contribution in [1.29, 1.82) is 0 Å². The molecule has 1 heterocycles. The summed E-state index contributed by atoms with van der Waals surface area (Å²) in [5.74, 6) is 0.702. The third kappa shape index (κ3) is 3.67. The Morgan fingerprint density at radius 1 is 1.42 bits per heavy atom. The topological polar surface area (TPSA) is 44.8 Å². The number of hydrogen-bond donors (Lipinski definition) is 0. The van der Waals surface area contributed by atoms with Crippen LogP contribution >= 0.6 is 18.9 Å². The molecule has 0 bridgehead atoms. The van der Waals surface area contributed by atoms with E-state index in [0.29, 0.717) is 18.3 Å². The summed E-state index contributed by atoms with van der Waals surface area (Å²) in [4.78, 5) is 11.4. The van der Waals surface area contributed by atoms with Gasteiger partial charge in [0.2, 0.25) is 0 Å². The predicted octanol–water partition coefficient (Wildman–Crippen LogP) is 2.87. The van der Waals surface area contributed by atoms with Crippen LogP contribution in [0.25, 0.3) is 0 Å². The van der Waals surface area contributed by atoms with E-state index < -0.39 is 0 Å². The Hall–Kier alpha value is 0.250. The zero-order chi connectivity index (χ0) is 13.8. The lowest BCUT2D eigenvalue weighted by Gasteiger charge is -2.23. The summed E-state index contributed by atoms with van der Waals surface area (Å²) in [7, 11) is 4.74. The zero-order valence-corrected chi connectivity index (χ0v) is 13.7. The molecular weight excluding hydrogens is 282 g/mol. The van der Waals surface area contributed by atoms with E-state index in [1.54, 1.807) is 0 Å². The fourth-order valence-electron chi connectivity index (χ4n) is 3.49. The third-order valence-electron chi connectivity index (χ3n) is 4.45. The highest BCUT2D eigenvalue weighted by atomic mass is 31.0. The average Bonchev–Trinajstić information content (AvgIpc) is 2.90. The van der Waals surface area contributed by atoms with Crippen molar-refractivity contribution in [1.82, 2.24) is 0 Å². The van der Waals surface area contributed by atoms with Crippen molar-refractivity contribution in [3.8, 4) is 0 Å². The molecule has 19 heavy (non-hydrogen) atoms. The van der Waals surface area contributed by atoms with E-state index in [1.807, 2.05) is 0 Å². The van der Waals surface area contributed by atoms with Crippen molar-refractivity contribution in [3.05, 3.63) is 0 Å². The molecule has 1 saturated heterocycles. The largest absolute Gasteiger partial charge is 0.462 e. The third-order valence-corrected chi connectivity index (χ3v) is 5.19. The highest BCUT2D eigenvalue weighted by Gasteiger charge is 2.50. The SMILES string of the molecule is CCC[C@@H](CC[C@@H]1[C@H]2CC(=O)O[C@H]2C[C@H]1OP)OP. The summed E-state index contributed by atoms with van der Waals surface area (Å²) in [6, 6.07) is 0. The van der Waals surface area contributed by atoms with Gasteiger partial charge in [0.25, 0.3) is 0 Å². The summed E-state index contributed by atoms with van der Waals surface area (Å²) in [5.41, 5.74) is 0. The predicted molar refractivity (Wildman–Crippen MR) is 79.4 cm³/mol. The Morgan fingerprint density at radius 3 is 2.84 bits per heavy atom. The van der Waals surface area contributed by atoms with Crippen LogP contribution in [0.15, 0.2) is 0 Å². The van der Waals surface area contributed by atoms with Crippen molar-refractivity contribution in [2.75, 3.05) is 0 Å². The van der Waals surface area contributed by atoms with Crippen molar-refractivity contribution in [2.45, 2.75) is 63.8 Å². The lowest BCUT2D eigenvalue weighted by atomic mass is 9.87. The highest BCUT2D eigenvalue weighted by Crippen LogP contribution is 2.45. The normalized spacial score (nSPS) is 35.2. The molecule has 0 aromatic heterocycles. The van der Waals surface area contributed by atoms with Gasteiger partial charge in [-0.15, -0.1) is 0 Å². The van der Waals surface area contributed by atoms with Gasteiger partial charge in [-0.25, -0.2) is 0 Å². The molecule has 0 N–H and O–H groups in total. The van der Waals surface area contributed by atoms with Crippen LogP contribution in [0.1, 0.15) is 45.4 Å². The van der Waals surface area contributed by atoms with E-state index in [9.17, 15) is 4.79 Å². The zero-order valence-electron chi connectivity index (χ0n) is 11.4. The first-order chi connectivity index (χ1) is 9.19. The average molecular weight is 306 g/mol. The molecule has 2 fully saturated rings. The van der Waals surface area contributed by atoms with Gasteiger partial charge < -0.3 is 13.8 Å². The van der Waals surface area contributed by atoms with Gasteiger partial charge in [0.1, 0.15) is 6.10 Å². The summed E-state index contributed by atoms with van der Waals surface area (Å²) in [5, 5.41) is 0. The van der Waals surface area contributed by atoms with Crippen molar-refractivity contribution >= 4 is 24.9 Å². The van der Waals surface area contributed by atoms with Crippen LogP contribution in [0.4, 0.5) is 0 Å². The van der Waals surface area contributed by atoms with Gasteiger partial charge >= 0.3 is 5.97 Å². The Kier molecular flexibility index (Phi) is 6.02. The van der Waals surface area contributed by atoms with Crippen LogP contribution in [-0.4, -0.2) is 24.3 Å². The Balaban J connectivity index is 1.90. The first-order valence-electron chi connectivity index (χ1n) is 7.10. The van der Waals surface area contributed by atoms with Crippen molar-refractivity contribution in [3.63, 3.8) is 0 Å². The molecule has 0 aromatic carbocycles. The van der Waals surface area contributed by atoms with Gasteiger partial charge in [-0.05, 0) is 25.2 Å². The van der Waals surface area contributed by atoms with Gasteiger partial charge in [-0.1, -0.05) is 13.3 Å². The van der Waals surface area contributed by atoms with Crippen molar-refractivity contribution < 1.29 is 18.6 Å². The Labute approximate surface area is 119 Å². The molecule has 0 spiro atoms. The van der Waals surface area contributed by atoms with Crippen LogP contribution in [-0.2, 0) is 18.6 Å². The second kappa shape index (κ2) is 7.31. The fraction of sp³-hybridized carbons (Fsp3) is 0.923. The summed E-state index contributed by atoms with van der Waals surface area (Å²) in [6.45, 7) is 2.17. The molecule has 2 rings (SSSR count). The van der Waals surface area contributed by atoms with E-state index in [1.165, 1.54) is 0 Å². The second-order valence-corrected chi connectivity index (χ2v) is 6.14. The number of carbonyl (C=O) groups excluding carboxylic acids is 1. The maximum Gasteiger partial charge on any atom is 0.306 e. The molecule has 4 nitrogen and oxygen atoms in total. The molecule has 1 aliphatic carbocycles. The van der Waals surface area contributed by atoms with E-state index in [-0.39, 0.29) is 24.3 Å². The number of rotatable bonds is 7. The monoisotopic (exact) mass is 306 g/mol. The lowest BCUT2D eigenvalue weighted by Crippen LogP contribution is -2.22. The van der Waals surface area contributed by atoms with E-state index in [0.717, 1.165) is 32.1 Å². The van der Waals surface area contributed by atoms with Gasteiger partial charge in [0.05, 0.1) is 18.6 Å². The van der Waals surface area contributed by atoms with Gasteiger partial charge in [0.15, 0.2) is 0 Å². The summed E-state index contributed by atoms with van der Waals surface area (Å²) < 4.78 is 16.3. The minimum atomic E-state index is -0.0467. The second-order valence-electron chi connectivity index (χ2n) is 5.59. The van der Waals surface area contributed by atoms with E-state index in [4.69, 9.17) is 13.8 Å². The molecular formula is C13H24O4P2. The first kappa shape index (κ1) is 15.6. The Bertz CT molecular complexity index is 313. The Morgan fingerprint density at radius 2 is 2.21 bits per heavy atom. The fourth-order valence-corrected chi connectivity index (χ4v) is 4.08. The number of hydrogen-bond acceptors (Lipinski definition) is 4. The smallest absolute Gasteiger partial charge is 0.306 e. The molecule has 2 aliphatic rings. The van der Waals surface area contributed by atoms with E-state index >= 15 is 0 Å². The molecule has 0 radical (unpaired) electrons. The number of fused-ring (bicyclic) bond motifs is 1. The highest BCUT2D eigenvalue weighted by molar-refractivity contribution is 7.10. The van der Waals surface area contributed by atoms with Crippen molar-refractivity contribution in [2.24, 2.45) is 11.8 Å². The van der Waals surface area contributed by atoms with Gasteiger partial charge in [-0.2, -0.15) is 0 Å². The molecule has 6 heteroatoms. The van der Waals surface area contributed by atoms with Crippen LogP contribution in [0, 0.1) is 11.8 Å². The molecule has 0 aromatic rings. The number of ether oxygens (including phenoxy) is 1. The number of carbonyl (C=O) groups is 1. The van der Waals surface area contributed by atoms with Crippen LogP contribution in [0.5, 0.6) is 0 Å². The van der Waals surface area contributed by atoms with Gasteiger partial charge in [-0.3, -0.25) is 4.79 Å². The van der Waals surface area contributed by atoms with Crippen LogP contribution in [0.3, 0.4) is 0 Å².